The van der Waals surface area contributed by atoms with E-state index in [1.807, 2.05) is 0 Å². The van der Waals surface area contributed by atoms with Crippen LogP contribution in [0, 0.1) is 59.2 Å². The van der Waals surface area contributed by atoms with Crippen LogP contribution in [-0.2, 0) is 9.47 Å². The minimum absolute atomic E-state index is 0.0477. The Morgan fingerprint density at radius 3 is 0.786 bits per heavy atom. The Labute approximate surface area is 355 Å². The zero-order valence-corrected chi connectivity index (χ0v) is 40.8. The molecule has 3 heteroatoms. The normalized spacial score (nSPS) is 17.2. The van der Waals surface area contributed by atoms with Crippen LogP contribution in [0.3, 0.4) is 0 Å². The molecule has 0 aliphatic heterocycles. The van der Waals surface area contributed by atoms with Gasteiger partial charge in [-0.1, -0.05) is 237 Å². The van der Waals surface area contributed by atoms with E-state index in [1.165, 1.54) is 154 Å². The topological polar surface area (TPSA) is 38.7 Å². The lowest BCUT2D eigenvalue weighted by molar-refractivity contribution is -0.0471. The minimum Gasteiger partial charge on any atom is -0.394 e. The van der Waals surface area contributed by atoms with Gasteiger partial charge in [0, 0.05) is 13.2 Å². The summed E-state index contributed by atoms with van der Waals surface area (Å²) in [6.45, 7) is 31.0. The zero-order valence-electron chi connectivity index (χ0n) is 40.8. The first-order chi connectivity index (χ1) is 26.7. The summed E-state index contributed by atoms with van der Waals surface area (Å²) >= 11 is 0. The summed E-state index contributed by atoms with van der Waals surface area (Å²) in [7, 11) is 0. The summed E-state index contributed by atoms with van der Waals surface area (Å²) in [4.78, 5) is 0. The van der Waals surface area contributed by atoms with Gasteiger partial charge in [0.25, 0.3) is 0 Å². The van der Waals surface area contributed by atoms with Crippen LogP contribution in [0.4, 0.5) is 0 Å². The van der Waals surface area contributed by atoms with Crippen molar-refractivity contribution in [1.82, 2.24) is 0 Å². The predicted octanol–water partition coefficient (Wildman–Crippen LogP) is 16.9. The van der Waals surface area contributed by atoms with Crippen molar-refractivity contribution >= 4 is 0 Å². The molecule has 0 saturated heterocycles. The molecule has 0 rings (SSSR count). The molecule has 0 spiro atoms. The molecule has 0 radical (unpaired) electrons. The maximum absolute atomic E-state index is 9.87. The minimum atomic E-state index is -0.190. The lowest BCUT2D eigenvalue weighted by Gasteiger charge is -2.19. The number of rotatable bonds is 42. The molecule has 56 heavy (non-hydrogen) atoms. The highest BCUT2D eigenvalue weighted by atomic mass is 16.5. The van der Waals surface area contributed by atoms with Gasteiger partial charge in [-0.05, 0) is 72.0 Å². The average Bonchev–Trinajstić information content (AvgIpc) is 3.12. The first-order valence-electron chi connectivity index (χ1n) is 25.5. The van der Waals surface area contributed by atoms with Gasteiger partial charge >= 0.3 is 0 Å². The van der Waals surface area contributed by atoms with E-state index in [2.05, 4.69) is 83.1 Å². The molecule has 0 amide bonds. The van der Waals surface area contributed by atoms with Crippen LogP contribution in [0.2, 0.25) is 0 Å². The Balaban J connectivity index is 3.80. The van der Waals surface area contributed by atoms with E-state index in [4.69, 9.17) is 9.47 Å². The van der Waals surface area contributed by atoms with E-state index < -0.39 is 0 Å². The van der Waals surface area contributed by atoms with E-state index in [9.17, 15) is 5.11 Å². The molecule has 3 nitrogen and oxygen atoms in total. The SMILES string of the molecule is CC(C)CCCC(C)CCCC(C)CCCC(C)CCCC(C)CCOCC(CO)OCCC(C)CCCC(C)CCCC(C)CCCC(C)CCCC(C)C. The molecule has 0 aromatic carbocycles. The molecule has 0 aliphatic rings. The molecule has 0 bridgehead atoms. The van der Waals surface area contributed by atoms with Gasteiger partial charge in [-0.25, -0.2) is 0 Å². The standard InChI is InChI=1S/C53H108O3/c1-43(2)21-13-23-45(5)25-15-27-47(7)29-17-31-49(9)33-19-35-51(11)37-39-55-42-53(41-54)56-40-38-52(12)36-20-34-50(10)32-18-30-48(8)28-16-26-46(6)24-14-22-44(3)4/h43-54H,13-42H2,1-12H3. The predicted molar refractivity (Wildman–Crippen MR) is 251 cm³/mol. The Bertz CT molecular complexity index is 796. The Morgan fingerprint density at radius 1 is 0.304 bits per heavy atom. The van der Waals surface area contributed by atoms with Crippen molar-refractivity contribution in [2.45, 2.75) is 256 Å². The summed E-state index contributed by atoms with van der Waals surface area (Å²) < 4.78 is 12.0. The summed E-state index contributed by atoms with van der Waals surface area (Å²) in [5.41, 5.74) is 0. The quantitative estimate of drug-likeness (QED) is 0.0626. The van der Waals surface area contributed by atoms with Crippen LogP contribution in [0.15, 0.2) is 0 Å². The highest BCUT2D eigenvalue weighted by molar-refractivity contribution is 4.65. The highest BCUT2D eigenvalue weighted by Crippen LogP contribution is 2.26. The summed E-state index contributed by atoms with van der Waals surface area (Å²) in [6, 6.07) is 0. The summed E-state index contributed by atoms with van der Waals surface area (Å²) in [6.07, 6.45) is 35.4. The molecular weight excluding hydrogens is 685 g/mol. The van der Waals surface area contributed by atoms with Gasteiger partial charge in [0.15, 0.2) is 0 Å². The van der Waals surface area contributed by atoms with Crippen molar-refractivity contribution in [1.29, 1.82) is 0 Å². The first-order valence-corrected chi connectivity index (χ1v) is 25.5. The molecule has 338 valence electrons. The van der Waals surface area contributed by atoms with Crippen LogP contribution < -0.4 is 0 Å². The lowest BCUT2D eigenvalue weighted by atomic mass is 9.90. The van der Waals surface area contributed by atoms with E-state index in [1.54, 1.807) is 0 Å². The monoisotopic (exact) mass is 793 g/mol. The highest BCUT2D eigenvalue weighted by Gasteiger charge is 2.13. The molecule has 0 aromatic heterocycles. The number of ether oxygens (including phenoxy) is 2. The van der Waals surface area contributed by atoms with Crippen molar-refractivity contribution in [3.63, 3.8) is 0 Å². The van der Waals surface area contributed by atoms with Crippen molar-refractivity contribution in [3.05, 3.63) is 0 Å². The van der Waals surface area contributed by atoms with Crippen molar-refractivity contribution < 1.29 is 14.6 Å². The number of aliphatic hydroxyl groups excluding tert-OH is 1. The van der Waals surface area contributed by atoms with Crippen LogP contribution in [0.1, 0.15) is 250 Å². The second-order valence-electron chi connectivity index (χ2n) is 21.4. The molecule has 0 aliphatic carbocycles. The fourth-order valence-corrected chi connectivity index (χ4v) is 8.88. The molecule has 0 saturated carbocycles. The molecule has 0 fully saturated rings. The molecular formula is C53H108O3. The van der Waals surface area contributed by atoms with Crippen molar-refractivity contribution in [2.24, 2.45) is 59.2 Å². The van der Waals surface area contributed by atoms with Gasteiger partial charge in [0.1, 0.15) is 6.10 Å². The van der Waals surface area contributed by atoms with Gasteiger partial charge < -0.3 is 14.6 Å². The van der Waals surface area contributed by atoms with E-state index >= 15 is 0 Å². The second-order valence-corrected chi connectivity index (χ2v) is 21.4. The molecule has 0 heterocycles. The Kier molecular flexibility index (Phi) is 37.8. The van der Waals surface area contributed by atoms with E-state index in [0.29, 0.717) is 18.4 Å². The third kappa shape index (κ3) is 38.1. The van der Waals surface area contributed by atoms with Gasteiger partial charge in [-0.15, -0.1) is 0 Å². The summed E-state index contributed by atoms with van der Waals surface area (Å²) in [5.74, 6) is 8.37. The van der Waals surface area contributed by atoms with Gasteiger partial charge in [0.05, 0.1) is 13.2 Å². The van der Waals surface area contributed by atoms with Gasteiger partial charge in [0.2, 0.25) is 0 Å². The maximum atomic E-state index is 9.87. The molecule has 0 aromatic rings. The number of hydrogen-bond acceptors (Lipinski definition) is 3. The number of hydrogen-bond donors (Lipinski definition) is 1. The van der Waals surface area contributed by atoms with Crippen LogP contribution in [0.25, 0.3) is 0 Å². The Morgan fingerprint density at radius 2 is 0.536 bits per heavy atom. The third-order valence-corrected chi connectivity index (χ3v) is 13.5. The number of aliphatic hydroxyl groups is 1. The fourth-order valence-electron chi connectivity index (χ4n) is 8.88. The molecule has 9 atom stereocenters. The molecule has 9 unspecified atom stereocenters. The Hall–Kier alpha value is -0.120. The van der Waals surface area contributed by atoms with E-state index in [0.717, 1.165) is 73.4 Å². The largest absolute Gasteiger partial charge is 0.394 e. The zero-order chi connectivity index (χ0) is 42.0. The molecule has 1 N–H and O–H groups in total. The van der Waals surface area contributed by atoms with E-state index in [-0.39, 0.29) is 12.7 Å². The van der Waals surface area contributed by atoms with Crippen LogP contribution in [0.5, 0.6) is 0 Å². The average molecular weight is 793 g/mol. The lowest BCUT2D eigenvalue weighted by Crippen LogP contribution is -2.25. The first kappa shape index (κ1) is 55.9. The fraction of sp³-hybridized carbons (Fsp3) is 1.00. The summed E-state index contributed by atoms with van der Waals surface area (Å²) in [5, 5.41) is 9.87. The van der Waals surface area contributed by atoms with Crippen LogP contribution in [-0.4, -0.2) is 37.6 Å². The van der Waals surface area contributed by atoms with Crippen molar-refractivity contribution in [2.75, 3.05) is 26.4 Å². The van der Waals surface area contributed by atoms with Crippen molar-refractivity contribution in [3.8, 4) is 0 Å². The van der Waals surface area contributed by atoms with Gasteiger partial charge in [-0.3, -0.25) is 0 Å². The third-order valence-electron chi connectivity index (χ3n) is 13.5. The maximum Gasteiger partial charge on any atom is 0.104 e. The second kappa shape index (κ2) is 37.8. The smallest absolute Gasteiger partial charge is 0.104 e. The van der Waals surface area contributed by atoms with Gasteiger partial charge in [-0.2, -0.15) is 0 Å². The van der Waals surface area contributed by atoms with Crippen LogP contribution >= 0.6 is 0 Å².